The largest absolute Gasteiger partial charge is 0.458 e. The summed E-state index contributed by atoms with van der Waals surface area (Å²) < 4.78 is 43.7. The molecule has 0 saturated carbocycles. The molecular weight excluding hydrogens is 347 g/mol. The van der Waals surface area contributed by atoms with E-state index >= 15 is 0 Å². The van der Waals surface area contributed by atoms with Crippen LogP contribution in [-0.2, 0) is 17.4 Å². The number of hydrogen-bond donors (Lipinski definition) is 0. The average Bonchev–Trinajstić information content (AvgIpc) is 2.62. The van der Waals surface area contributed by atoms with Gasteiger partial charge in [0, 0.05) is 12.7 Å². The zero-order valence-electron chi connectivity index (χ0n) is 13.9. The predicted molar refractivity (Wildman–Crippen MR) is 87.4 cm³/mol. The molecule has 0 aliphatic carbocycles. The maximum absolute atomic E-state index is 12.7. The Hall–Kier alpha value is -2.64. The second kappa shape index (κ2) is 7.72. The van der Waals surface area contributed by atoms with Gasteiger partial charge in [0.25, 0.3) is 0 Å². The Bertz CT molecular complexity index is 753. The van der Waals surface area contributed by atoms with Crippen LogP contribution < -0.4 is 4.74 Å². The number of ether oxygens (including phenoxy) is 1. The Balaban J connectivity index is 1.61. The second-order valence-corrected chi connectivity index (χ2v) is 6.11. The van der Waals surface area contributed by atoms with E-state index in [9.17, 15) is 18.0 Å². The minimum Gasteiger partial charge on any atom is -0.458 e. The van der Waals surface area contributed by atoms with Crippen molar-refractivity contribution in [2.24, 2.45) is 0 Å². The monoisotopic (exact) mass is 365 g/mol. The fourth-order valence-corrected chi connectivity index (χ4v) is 2.85. The van der Waals surface area contributed by atoms with E-state index in [0.29, 0.717) is 25.9 Å². The first-order chi connectivity index (χ1) is 12.4. The number of rotatable bonds is 4. The summed E-state index contributed by atoms with van der Waals surface area (Å²) in [4.78, 5) is 21.3. The molecule has 1 atom stereocenters. The Morgan fingerprint density at radius 3 is 2.73 bits per heavy atom. The molecule has 1 unspecified atom stereocenters. The number of halogens is 3. The Labute approximate surface area is 148 Å². The molecule has 8 heteroatoms. The van der Waals surface area contributed by atoms with Crippen LogP contribution in [0.15, 0.2) is 42.6 Å². The molecule has 0 N–H and O–H groups in total. The summed E-state index contributed by atoms with van der Waals surface area (Å²) in [6.07, 6.45) is -2.32. The average molecular weight is 365 g/mol. The lowest BCUT2D eigenvalue weighted by molar-refractivity contribution is -0.141. The fourth-order valence-electron chi connectivity index (χ4n) is 2.85. The molecule has 5 nitrogen and oxygen atoms in total. The van der Waals surface area contributed by atoms with Crippen molar-refractivity contribution < 1.29 is 22.7 Å². The smallest absolute Gasteiger partial charge is 0.433 e. The van der Waals surface area contributed by atoms with Crippen LogP contribution in [0.2, 0.25) is 0 Å². The van der Waals surface area contributed by atoms with Crippen LogP contribution in [0.4, 0.5) is 13.2 Å². The molecule has 3 rings (SSSR count). The van der Waals surface area contributed by atoms with Crippen LogP contribution in [-0.4, -0.2) is 40.0 Å². The van der Waals surface area contributed by atoms with Crippen LogP contribution in [0.5, 0.6) is 6.01 Å². The lowest BCUT2D eigenvalue weighted by Gasteiger charge is -2.32. The van der Waals surface area contributed by atoms with E-state index in [1.165, 1.54) is 0 Å². The molecule has 138 valence electrons. The van der Waals surface area contributed by atoms with Gasteiger partial charge in [-0.3, -0.25) is 4.79 Å². The Kier molecular flexibility index (Phi) is 5.39. The Morgan fingerprint density at radius 2 is 2.00 bits per heavy atom. The standard InChI is InChI=1S/C18H18F3N3O2/c19-18(20,21)15-8-9-22-17(23-15)26-14-7-4-10-24(12-14)16(25)11-13-5-2-1-3-6-13/h1-3,5-6,8-9,14H,4,7,10-12H2. The van der Waals surface area contributed by atoms with Gasteiger partial charge in [0.05, 0.1) is 13.0 Å². The van der Waals surface area contributed by atoms with Gasteiger partial charge in [-0.2, -0.15) is 18.2 Å². The van der Waals surface area contributed by atoms with Crippen LogP contribution >= 0.6 is 0 Å². The molecule has 2 aromatic rings. The molecule has 0 spiro atoms. The third-order valence-corrected chi connectivity index (χ3v) is 4.13. The third-order valence-electron chi connectivity index (χ3n) is 4.13. The number of carbonyl (C=O) groups is 1. The number of nitrogens with zero attached hydrogens (tertiary/aromatic N) is 3. The second-order valence-electron chi connectivity index (χ2n) is 6.11. The molecule has 1 fully saturated rings. The van der Waals surface area contributed by atoms with Crippen LogP contribution in [0.1, 0.15) is 24.1 Å². The molecule has 0 radical (unpaired) electrons. The quantitative estimate of drug-likeness (QED) is 0.836. The summed E-state index contributed by atoms with van der Waals surface area (Å²) >= 11 is 0. The number of amides is 1. The summed E-state index contributed by atoms with van der Waals surface area (Å²) in [6, 6.07) is 9.86. The molecule has 1 aromatic carbocycles. The number of hydrogen-bond acceptors (Lipinski definition) is 4. The highest BCUT2D eigenvalue weighted by Gasteiger charge is 2.33. The summed E-state index contributed by atoms with van der Waals surface area (Å²) in [5.74, 6) is -0.0329. The number of carbonyl (C=O) groups excluding carboxylic acids is 1. The SMILES string of the molecule is O=C(Cc1ccccc1)N1CCCC(Oc2nccc(C(F)(F)F)n2)C1. The molecule has 26 heavy (non-hydrogen) atoms. The van der Waals surface area contributed by atoms with Crippen molar-refractivity contribution in [3.63, 3.8) is 0 Å². The minimum absolute atomic E-state index is 0.0329. The van der Waals surface area contributed by atoms with E-state index in [-0.39, 0.29) is 18.3 Å². The summed E-state index contributed by atoms with van der Waals surface area (Å²) in [6.45, 7) is 0.917. The van der Waals surface area contributed by atoms with Gasteiger partial charge >= 0.3 is 12.2 Å². The van der Waals surface area contributed by atoms with Crippen molar-refractivity contribution in [2.45, 2.75) is 31.5 Å². The van der Waals surface area contributed by atoms with Gasteiger partial charge in [0.1, 0.15) is 6.10 Å². The molecule has 0 bridgehead atoms. The number of piperidine rings is 1. The van der Waals surface area contributed by atoms with Gasteiger partial charge in [-0.1, -0.05) is 30.3 Å². The molecule has 1 aromatic heterocycles. The summed E-state index contributed by atoms with van der Waals surface area (Å²) in [5, 5.41) is 0. The number of aromatic nitrogens is 2. The highest BCUT2D eigenvalue weighted by Crippen LogP contribution is 2.28. The van der Waals surface area contributed by atoms with Crippen molar-refractivity contribution in [1.29, 1.82) is 0 Å². The molecule has 2 heterocycles. The maximum Gasteiger partial charge on any atom is 0.433 e. The lowest BCUT2D eigenvalue weighted by Crippen LogP contribution is -2.45. The van der Waals surface area contributed by atoms with Gasteiger partial charge in [-0.05, 0) is 24.5 Å². The van der Waals surface area contributed by atoms with Gasteiger partial charge in [-0.15, -0.1) is 0 Å². The highest BCUT2D eigenvalue weighted by atomic mass is 19.4. The summed E-state index contributed by atoms with van der Waals surface area (Å²) in [7, 11) is 0. The number of benzene rings is 1. The van der Waals surface area contributed by atoms with E-state index in [1.807, 2.05) is 30.3 Å². The topological polar surface area (TPSA) is 55.3 Å². The van der Waals surface area contributed by atoms with Gasteiger partial charge < -0.3 is 9.64 Å². The van der Waals surface area contributed by atoms with E-state index in [1.54, 1.807) is 4.90 Å². The first kappa shape index (κ1) is 18.2. The van der Waals surface area contributed by atoms with E-state index in [0.717, 1.165) is 17.8 Å². The molecule has 1 amide bonds. The predicted octanol–water partition coefficient (Wildman–Crippen LogP) is 3.11. The first-order valence-electron chi connectivity index (χ1n) is 8.30. The van der Waals surface area contributed by atoms with E-state index in [4.69, 9.17) is 4.74 Å². The van der Waals surface area contributed by atoms with Crippen molar-refractivity contribution in [2.75, 3.05) is 13.1 Å². The third kappa shape index (κ3) is 4.71. The minimum atomic E-state index is -4.55. The van der Waals surface area contributed by atoms with Crippen molar-refractivity contribution >= 4 is 5.91 Å². The molecule has 1 aliphatic rings. The molecule has 1 aliphatic heterocycles. The van der Waals surface area contributed by atoms with Crippen molar-refractivity contribution in [3.8, 4) is 6.01 Å². The molecule has 1 saturated heterocycles. The zero-order chi connectivity index (χ0) is 18.6. The van der Waals surface area contributed by atoms with E-state index in [2.05, 4.69) is 9.97 Å². The van der Waals surface area contributed by atoms with Gasteiger partial charge in [0.2, 0.25) is 5.91 Å². The van der Waals surface area contributed by atoms with Gasteiger partial charge in [0.15, 0.2) is 5.69 Å². The zero-order valence-corrected chi connectivity index (χ0v) is 13.9. The number of alkyl halides is 3. The fraction of sp³-hybridized carbons (Fsp3) is 0.389. The summed E-state index contributed by atoms with van der Waals surface area (Å²) in [5.41, 5.74) is -0.128. The normalized spacial score (nSPS) is 17.8. The highest BCUT2D eigenvalue weighted by molar-refractivity contribution is 5.78. The van der Waals surface area contributed by atoms with Crippen molar-refractivity contribution in [3.05, 3.63) is 53.9 Å². The van der Waals surface area contributed by atoms with E-state index < -0.39 is 18.0 Å². The van der Waals surface area contributed by atoms with Crippen molar-refractivity contribution in [1.82, 2.24) is 14.9 Å². The van der Waals surface area contributed by atoms with Crippen LogP contribution in [0, 0.1) is 0 Å². The number of likely N-dealkylation sites (tertiary alicyclic amines) is 1. The van der Waals surface area contributed by atoms with Gasteiger partial charge in [-0.25, -0.2) is 4.98 Å². The maximum atomic E-state index is 12.7. The Morgan fingerprint density at radius 1 is 1.23 bits per heavy atom. The first-order valence-corrected chi connectivity index (χ1v) is 8.30. The lowest BCUT2D eigenvalue weighted by atomic mass is 10.1. The van der Waals surface area contributed by atoms with Crippen LogP contribution in [0.3, 0.4) is 0 Å². The molecular formula is C18H18F3N3O2. The van der Waals surface area contributed by atoms with Crippen LogP contribution in [0.25, 0.3) is 0 Å².